The number of nitrogens with zero attached hydrogens (tertiary/aromatic N) is 3. The normalized spacial score (nSPS) is 12.4. The summed E-state index contributed by atoms with van der Waals surface area (Å²) in [7, 11) is 0. The van der Waals surface area contributed by atoms with Gasteiger partial charge in [0.2, 0.25) is 5.91 Å². The zero-order valence-corrected chi connectivity index (χ0v) is 17.0. The highest BCUT2D eigenvalue weighted by Crippen LogP contribution is 2.29. The number of fused-ring (bicyclic) bond motifs is 1. The van der Waals surface area contributed by atoms with Crippen LogP contribution < -0.4 is 11.0 Å². The Morgan fingerprint density at radius 2 is 2.07 bits per heavy atom. The molecule has 0 unspecified atom stereocenters. The molecule has 3 N–H and O–H groups in total. The number of hydrogen-bond acceptors (Lipinski definition) is 6. The van der Waals surface area contributed by atoms with Crippen molar-refractivity contribution in [3.05, 3.63) is 46.8 Å². The molecule has 0 saturated heterocycles. The number of aryl methyl sites for hydroxylation is 1. The minimum absolute atomic E-state index is 0.168. The lowest BCUT2D eigenvalue weighted by atomic mass is 10.2. The molecule has 1 amide bonds. The van der Waals surface area contributed by atoms with Crippen LogP contribution in [-0.2, 0) is 11.3 Å². The average molecular weight is 412 g/mol. The first-order valence-electron chi connectivity index (χ1n) is 9.13. The number of aromatic nitrogens is 5. The molecule has 0 fully saturated rings. The molecule has 4 aromatic rings. The number of amides is 1. The predicted molar refractivity (Wildman–Crippen MR) is 111 cm³/mol. The van der Waals surface area contributed by atoms with E-state index in [0.29, 0.717) is 28.4 Å². The van der Waals surface area contributed by atoms with Crippen molar-refractivity contribution in [2.24, 2.45) is 0 Å². The number of benzene rings is 1. The van der Waals surface area contributed by atoms with E-state index >= 15 is 0 Å². The van der Waals surface area contributed by atoms with Crippen molar-refractivity contribution in [1.82, 2.24) is 24.7 Å². The van der Waals surface area contributed by atoms with Crippen LogP contribution >= 0.6 is 11.8 Å². The monoisotopic (exact) mass is 412 g/mol. The number of carbonyl (C=O) groups is 1. The molecule has 3 aromatic heterocycles. The molecule has 10 heteroatoms. The van der Waals surface area contributed by atoms with Gasteiger partial charge in [-0.1, -0.05) is 11.8 Å². The molecule has 3 heterocycles. The molecule has 0 radical (unpaired) electrons. The Morgan fingerprint density at radius 1 is 1.28 bits per heavy atom. The number of H-pyrrole nitrogens is 2. The number of imidazole rings is 1. The molecule has 0 bridgehead atoms. The van der Waals surface area contributed by atoms with Crippen molar-refractivity contribution >= 4 is 34.4 Å². The van der Waals surface area contributed by atoms with Gasteiger partial charge in [-0.25, -0.2) is 4.79 Å². The lowest BCUT2D eigenvalue weighted by molar-refractivity contribution is -0.115. The summed E-state index contributed by atoms with van der Waals surface area (Å²) in [6.45, 7) is 6.36. The van der Waals surface area contributed by atoms with E-state index in [0.717, 1.165) is 17.1 Å². The Hall–Kier alpha value is -3.27. The maximum atomic E-state index is 12.7. The van der Waals surface area contributed by atoms with Crippen molar-refractivity contribution in [2.45, 2.75) is 37.7 Å². The van der Waals surface area contributed by atoms with Gasteiger partial charge in [-0.05, 0) is 45.0 Å². The SMILES string of the molecule is CCn1c(S[C@@H](C)C(=O)Nc2ccc3[nH]c(=O)[nH]c3c2)nnc1-c1ccoc1C. The van der Waals surface area contributed by atoms with Crippen molar-refractivity contribution < 1.29 is 9.21 Å². The topological polar surface area (TPSA) is 122 Å². The highest BCUT2D eigenvalue weighted by molar-refractivity contribution is 8.00. The average Bonchev–Trinajstić information content (AvgIpc) is 3.38. The van der Waals surface area contributed by atoms with Gasteiger partial charge in [-0.15, -0.1) is 10.2 Å². The van der Waals surface area contributed by atoms with Crippen molar-refractivity contribution in [1.29, 1.82) is 0 Å². The maximum Gasteiger partial charge on any atom is 0.323 e. The van der Waals surface area contributed by atoms with E-state index in [4.69, 9.17) is 4.42 Å². The van der Waals surface area contributed by atoms with Crippen LogP contribution in [0.4, 0.5) is 5.69 Å². The molecule has 9 nitrogen and oxygen atoms in total. The molecule has 1 atom stereocenters. The van der Waals surface area contributed by atoms with E-state index < -0.39 is 5.25 Å². The van der Waals surface area contributed by atoms with E-state index in [9.17, 15) is 9.59 Å². The second kappa shape index (κ2) is 7.63. The van der Waals surface area contributed by atoms with Gasteiger partial charge >= 0.3 is 5.69 Å². The third kappa shape index (κ3) is 3.70. The molecule has 0 saturated carbocycles. The Kier molecular flexibility index (Phi) is 5.01. The van der Waals surface area contributed by atoms with Crippen molar-refractivity contribution in [2.75, 3.05) is 5.32 Å². The summed E-state index contributed by atoms with van der Waals surface area (Å²) in [5.41, 5.74) is 2.54. The summed E-state index contributed by atoms with van der Waals surface area (Å²) in [5.74, 6) is 1.32. The van der Waals surface area contributed by atoms with Gasteiger partial charge in [0.15, 0.2) is 11.0 Å². The highest BCUT2D eigenvalue weighted by atomic mass is 32.2. The predicted octanol–water partition coefficient (Wildman–Crippen LogP) is 3.16. The van der Waals surface area contributed by atoms with Crippen molar-refractivity contribution in [3.63, 3.8) is 0 Å². The quantitative estimate of drug-likeness (QED) is 0.418. The first-order chi connectivity index (χ1) is 14.0. The zero-order chi connectivity index (χ0) is 20.5. The molecule has 0 aliphatic carbocycles. The Labute approximate surface area is 169 Å². The second-order valence-corrected chi connectivity index (χ2v) is 7.84. The van der Waals surface area contributed by atoms with Gasteiger partial charge in [0.1, 0.15) is 5.76 Å². The molecule has 150 valence electrons. The van der Waals surface area contributed by atoms with Gasteiger partial charge in [-0.3, -0.25) is 4.79 Å². The van der Waals surface area contributed by atoms with Gasteiger partial charge in [-0.2, -0.15) is 0 Å². The lowest BCUT2D eigenvalue weighted by Crippen LogP contribution is -2.23. The van der Waals surface area contributed by atoms with Gasteiger partial charge in [0.25, 0.3) is 0 Å². The molecule has 0 spiro atoms. The lowest BCUT2D eigenvalue weighted by Gasteiger charge is -2.12. The fourth-order valence-electron chi connectivity index (χ4n) is 3.04. The molecule has 0 aliphatic rings. The van der Waals surface area contributed by atoms with Gasteiger partial charge in [0.05, 0.1) is 28.1 Å². The minimum atomic E-state index is -0.399. The first-order valence-corrected chi connectivity index (χ1v) is 10.0. The van der Waals surface area contributed by atoms with E-state index in [1.807, 2.05) is 31.4 Å². The minimum Gasteiger partial charge on any atom is -0.469 e. The number of thioether (sulfide) groups is 1. The van der Waals surface area contributed by atoms with Crippen LogP contribution in [0.3, 0.4) is 0 Å². The second-order valence-electron chi connectivity index (χ2n) is 6.53. The van der Waals surface area contributed by atoms with E-state index in [1.54, 1.807) is 24.5 Å². The summed E-state index contributed by atoms with van der Waals surface area (Å²) >= 11 is 1.34. The van der Waals surface area contributed by atoms with E-state index in [2.05, 4.69) is 25.5 Å². The van der Waals surface area contributed by atoms with Crippen LogP contribution in [0.25, 0.3) is 22.4 Å². The summed E-state index contributed by atoms with van der Waals surface area (Å²) < 4.78 is 7.33. The number of furan rings is 1. The summed E-state index contributed by atoms with van der Waals surface area (Å²) in [6, 6.07) is 7.07. The van der Waals surface area contributed by atoms with Crippen LogP contribution in [0.15, 0.2) is 44.9 Å². The molecule has 4 rings (SSSR count). The third-order valence-electron chi connectivity index (χ3n) is 4.57. The summed E-state index contributed by atoms with van der Waals surface area (Å²) in [4.78, 5) is 29.4. The number of rotatable bonds is 6. The Bertz CT molecular complexity index is 1230. The number of hydrogen-bond donors (Lipinski definition) is 3. The first kappa shape index (κ1) is 19.1. The van der Waals surface area contributed by atoms with Crippen molar-refractivity contribution in [3.8, 4) is 11.4 Å². The maximum absolute atomic E-state index is 12.7. The standard InChI is InChI=1S/C19H20N6O3S/c1-4-25-16(13-7-8-28-10(13)2)23-24-19(25)29-11(3)17(26)20-12-5-6-14-15(9-12)22-18(27)21-14/h5-9,11H,4H2,1-3H3,(H,20,26)(H2,21,22,27)/t11-/m0/s1. The summed E-state index contributed by atoms with van der Waals surface area (Å²) in [6.07, 6.45) is 1.62. The van der Waals surface area contributed by atoms with Crippen LogP contribution in [0.5, 0.6) is 0 Å². The van der Waals surface area contributed by atoms with Gasteiger partial charge in [0, 0.05) is 12.2 Å². The van der Waals surface area contributed by atoms with Crippen LogP contribution in [0.2, 0.25) is 0 Å². The van der Waals surface area contributed by atoms with E-state index in [1.165, 1.54) is 11.8 Å². The molecular weight excluding hydrogens is 392 g/mol. The fraction of sp³-hybridized carbons (Fsp3) is 0.263. The fourth-order valence-corrected chi connectivity index (χ4v) is 3.96. The molecule has 1 aromatic carbocycles. The highest BCUT2D eigenvalue weighted by Gasteiger charge is 2.21. The number of anilines is 1. The largest absolute Gasteiger partial charge is 0.469 e. The Morgan fingerprint density at radius 3 is 2.79 bits per heavy atom. The molecular formula is C19H20N6O3S. The van der Waals surface area contributed by atoms with E-state index in [-0.39, 0.29) is 11.6 Å². The third-order valence-corrected chi connectivity index (χ3v) is 5.65. The van der Waals surface area contributed by atoms with Crippen LogP contribution in [-0.4, -0.2) is 35.9 Å². The molecule has 0 aliphatic heterocycles. The smallest absolute Gasteiger partial charge is 0.323 e. The number of carbonyl (C=O) groups excluding carboxylic acids is 1. The molecule has 29 heavy (non-hydrogen) atoms. The van der Waals surface area contributed by atoms with Crippen LogP contribution in [0.1, 0.15) is 19.6 Å². The number of aromatic amines is 2. The van der Waals surface area contributed by atoms with Gasteiger partial charge < -0.3 is 24.3 Å². The Balaban J connectivity index is 1.50. The number of nitrogens with one attached hydrogen (secondary N) is 3. The van der Waals surface area contributed by atoms with Crippen LogP contribution in [0, 0.1) is 6.92 Å². The summed E-state index contributed by atoms with van der Waals surface area (Å²) in [5, 5.41) is 11.7. The zero-order valence-electron chi connectivity index (χ0n) is 16.1.